The first-order chi connectivity index (χ1) is 16.0. The van der Waals surface area contributed by atoms with E-state index < -0.39 is 22.0 Å². The Labute approximate surface area is 202 Å². The quantitative estimate of drug-likeness (QED) is 0.420. The Balaban J connectivity index is 1.94. The van der Waals surface area contributed by atoms with Crippen LogP contribution < -0.4 is 13.8 Å². The first-order valence-electron chi connectivity index (χ1n) is 11.2. The number of carbonyl (C=O) groups excluding carboxylic acids is 1. The number of carbonyl (C=O) groups is 1. The van der Waals surface area contributed by atoms with Crippen molar-refractivity contribution in [3.8, 4) is 11.5 Å². The second-order valence-electron chi connectivity index (χ2n) is 8.88. The third-order valence-electron chi connectivity index (χ3n) is 5.24. The van der Waals surface area contributed by atoms with Crippen molar-refractivity contribution < 1.29 is 22.7 Å². The van der Waals surface area contributed by atoms with Crippen molar-refractivity contribution in [1.82, 2.24) is 0 Å². The van der Waals surface area contributed by atoms with Gasteiger partial charge in [-0.2, -0.15) is 4.31 Å². The van der Waals surface area contributed by atoms with Crippen molar-refractivity contribution in [3.63, 3.8) is 0 Å². The van der Waals surface area contributed by atoms with Gasteiger partial charge in [-0.25, -0.2) is 8.42 Å². The lowest BCUT2D eigenvalue weighted by Gasteiger charge is -2.26. The summed E-state index contributed by atoms with van der Waals surface area (Å²) in [6.45, 7) is 10.2. The van der Waals surface area contributed by atoms with E-state index in [0.29, 0.717) is 18.1 Å². The minimum absolute atomic E-state index is 0.0129. The number of hydrogen-bond acceptors (Lipinski definition) is 5. The molecule has 34 heavy (non-hydrogen) atoms. The Bertz CT molecular complexity index is 1200. The molecule has 0 N–H and O–H groups in total. The standard InChI is InChI=1S/C27H31NO5S/c1-6-32-23-18-14-22(15-19-23)28(34(30,31)25-10-8-7-9-11-25)26(29)20(2)33-24-16-12-21(13-17-24)27(3,4)5/h7-20H,6H2,1-5H3. The zero-order valence-corrected chi connectivity index (χ0v) is 21.0. The summed E-state index contributed by atoms with van der Waals surface area (Å²) in [4.78, 5) is 13.5. The molecule has 0 saturated heterocycles. The highest BCUT2D eigenvalue weighted by molar-refractivity contribution is 7.93. The van der Waals surface area contributed by atoms with E-state index >= 15 is 0 Å². The van der Waals surface area contributed by atoms with Crippen LogP contribution in [0.5, 0.6) is 11.5 Å². The van der Waals surface area contributed by atoms with Gasteiger partial charge in [0.15, 0.2) is 6.10 Å². The zero-order valence-electron chi connectivity index (χ0n) is 20.2. The molecule has 0 spiro atoms. The number of benzene rings is 3. The zero-order chi connectivity index (χ0) is 24.9. The van der Waals surface area contributed by atoms with Crippen LogP contribution in [0.2, 0.25) is 0 Å². The second kappa shape index (κ2) is 10.3. The van der Waals surface area contributed by atoms with Crippen molar-refractivity contribution in [1.29, 1.82) is 0 Å². The number of anilines is 1. The van der Waals surface area contributed by atoms with Gasteiger partial charge >= 0.3 is 0 Å². The summed E-state index contributed by atoms with van der Waals surface area (Å²) in [5, 5.41) is 0. The van der Waals surface area contributed by atoms with Gasteiger partial charge in [0.05, 0.1) is 17.2 Å². The molecule has 0 saturated carbocycles. The minimum Gasteiger partial charge on any atom is -0.494 e. The van der Waals surface area contributed by atoms with Crippen LogP contribution in [0.25, 0.3) is 0 Å². The van der Waals surface area contributed by atoms with Crippen molar-refractivity contribution in [3.05, 3.63) is 84.4 Å². The molecule has 0 aliphatic carbocycles. The summed E-state index contributed by atoms with van der Waals surface area (Å²) in [6.07, 6.45) is -1.05. The van der Waals surface area contributed by atoms with Crippen LogP contribution >= 0.6 is 0 Å². The van der Waals surface area contributed by atoms with Gasteiger partial charge in [-0.1, -0.05) is 51.1 Å². The highest BCUT2D eigenvalue weighted by atomic mass is 32.2. The van der Waals surface area contributed by atoms with Crippen LogP contribution in [-0.4, -0.2) is 27.0 Å². The van der Waals surface area contributed by atoms with Crippen LogP contribution in [-0.2, 0) is 20.2 Å². The third-order valence-corrected chi connectivity index (χ3v) is 6.98. The molecule has 180 valence electrons. The Morgan fingerprint density at radius 3 is 1.97 bits per heavy atom. The summed E-state index contributed by atoms with van der Waals surface area (Å²) in [5.41, 5.74) is 1.31. The van der Waals surface area contributed by atoms with Crippen molar-refractivity contribution in [2.45, 2.75) is 51.0 Å². The van der Waals surface area contributed by atoms with E-state index in [1.54, 1.807) is 61.5 Å². The van der Waals surface area contributed by atoms with E-state index in [9.17, 15) is 13.2 Å². The van der Waals surface area contributed by atoms with Crippen LogP contribution in [0, 0.1) is 0 Å². The number of ether oxygens (including phenoxy) is 2. The first-order valence-corrected chi connectivity index (χ1v) is 12.6. The van der Waals surface area contributed by atoms with Gasteiger partial charge in [0, 0.05) is 0 Å². The Morgan fingerprint density at radius 1 is 0.882 bits per heavy atom. The van der Waals surface area contributed by atoms with Gasteiger partial charge in [0.2, 0.25) is 0 Å². The fourth-order valence-electron chi connectivity index (χ4n) is 3.38. The maximum absolute atomic E-state index is 13.5. The predicted molar refractivity (Wildman–Crippen MR) is 134 cm³/mol. The lowest BCUT2D eigenvalue weighted by molar-refractivity contribution is -0.123. The molecule has 3 aromatic rings. The molecule has 0 radical (unpaired) electrons. The number of amides is 1. The lowest BCUT2D eigenvalue weighted by Crippen LogP contribution is -2.44. The van der Waals surface area contributed by atoms with Crippen LogP contribution in [0.1, 0.15) is 40.2 Å². The smallest absolute Gasteiger partial charge is 0.281 e. The van der Waals surface area contributed by atoms with Crippen molar-refractivity contribution in [2.75, 3.05) is 10.9 Å². The third kappa shape index (κ3) is 5.78. The van der Waals surface area contributed by atoms with Gasteiger partial charge in [-0.3, -0.25) is 4.79 Å². The van der Waals surface area contributed by atoms with Gasteiger partial charge in [0.25, 0.3) is 15.9 Å². The van der Waals surface area contributed by atoms with Gasteiger partial charge < -0.3 is 9.47 Å². The molecule has 0 heterocycles. The molecule has 1 atom stereocenters. The Morgan fingerprint density at radius 2 is 1.44 bits per heavy atom. The summed E-state index contributed by atoms with van der Waals surface area (Å²) >= 11 is 0. The van der Waals surface area contributed by atoms with Crippen LogP contribution in [0.3, 0.4) is 0 Å². The average molecular weight is 482 g/mol. The number of rotatable bonds is 8. The van der Waals surface area contributed by atoms with Crippen molar-refractivity contribution >= 4 is 21.6 Å². The van der Waals surface area contributed by atoms with Gasteiger partial charge in [0.1, 0.15) is 11.5 Å². The van der Waals surface area contributed by atoms with Crippen LogP contribution in [0.15, 0.2) is 83.8 Å². The lowest BCUT2D eigenvalue weighted by atomic mass is 9.87. The van der Waals surface area contributed by atoms with E-state index in [2.05, 4.69) is 20.8 Å². The molecule has 0 aliphatic heterocycles. The molecular weight excluding hydrogens is 450 g/mol. The average Bonchev–Trinajstić information content (AvgIpc) is 2.80. The van der Waals surface area contributed by atoms with Gasteiger partial charge in [-0.05, 0) is 73.4 Å². The monoisotopic (exact) mass is 481 g/mol. The summed E-state index contributed by atoms with van der Waals surface area (Å²) in [6, 6.07) is 21.7. The molecule has 7 heteroatoms. The van der Waals surface area contributed by atoms with E-state index in [1.165, 1.54) is 12.1 Å². The van der Waals surface area contributed by atoms with E-state index in [-0.39, 0.29) is 16.0 Å². The van der Waals surface area contributed by atoms with E-state index in [0.717, 1.165) is 9.87 Å². The molecule has 0 aromatic heterocycles. The number of nitrogens with zero attached hydrogens (tertiary/aromatic N) is 1. The predicted octanol–water partition coefficient (Wildman–Crippen LogP) is 5.57. The van der Waals surface area contributed by atoms with Crippen LogP contribution in [0.4, 0.5) is 5.69 Å². The summed E-state index contributed by atoms with van der Waals surface area (Å²) in [5.74, 6) is 0.365. The molecule has 0 fully saturated rings. The summed E-state index contributed by atoms with van der Waals surface area (Å²) < 4.78 is 39.1. The van der Waals surface area contributed by atoms with E-state index in [4.69, 9.17) is 9.47 Å². The van der Waals surface area contributed by atoms with E-state index in [1.807, 2.05) is 19.1 Å². The normalized spacial score (nSPS) is 12.6. The minimum atomic E-state index is -4.18. The maximum Gasteiger partial charge on any atom is 0.281 e. The molecular formula is C27H31NO5S. The molecule has 1 amide bonds. The highest BCUT2D eigenvalue weighted by Gasteiger charge is 2.35. The molecule has 3 rings (SSSR count). The molecule has 6 nitrogen and oxygen atoms in total. The molecule has 1 unspecified atom stereocenters. The SMILES string of the molecule is CCOc1ccc(N(C(=O)C(C)Oc2ccc(C(C)(C)C)cc2)S(=O)(=O)c2ccccc2)cc1. The summed E-state index contributed by atoms with van der Waals surface area (Å²) in [7, 11) is -4.18. The maximum atomic E-state index is 13.5. The highest BCUT2D eigenvalue weighted by Crippen LogP contribution is 2.28. The number of hydrogen-bond donors (Lipinski definition) is 0. The first kappa shape index (κ1) is 25.3. The fraction of sp³-hybridized carbons (Fsp3) is 0.296. The topological polar surface area (TPSA) is 72.9 Å². The fourth-order valence-corrected chi connectivity index (χ4v) is 4.88. The largest absolute Gasteiger partial charge is 0.494 e. The second-order valence-corrected chi connectivity index (χ2v) is 10.7. The Kier molecular flexibility index (Phi) is 7.67. The van der Waals surface area contributed by atoms with Crippen molar-refractivity contribution in [2.24, 2.45) is 0 Å². The molecule has 0 aliphatic rings. The molecule has 0 bridgehead atoms. The van der Waals surface area contributed by atoms with Gasteiger partial charge in [-0.15, -0.1) is 0 Å². The number of sulfonamides is 1. The Hall–Kier alpha value is -3.32. The molecule has 3 aromatic carbocycles.